The van der Waals surface area contributed by atoms with E-state index in [4.69, 9.17) is 15.2 Å². The van der Waals surface area contributed by atoms with Crippen LogP contribution in [0.4, 0.5) is 0 Å². The molecule has 0 saturated heterocycles. The summed E-state index contributed by atoms with van der Waals surface area (Å²) in [4.78, 5) is 4.35. The van der Waals surface area contributed by atoms with Gasteiger partial charge in [-0.15, -0.1) is 0 Å². The van der Waals surface area contributed by atoms with Gasteiger partial charge in [0.25, 0.3) is 0 Å². The average Bonchev–Trinajstić information content (AvgIpc) is 2.47. The van der Waals surface area contributed by atoms with Crippen LogP contribution in [0.15, 0.2) is 42.6 Å². The summed E-state index contributed by atoms with van der Waals surface area (Å²) in [5.41, 5.74) is 6.98. The minimum absolute atomic E-state index is 0.463. The van der Waals surface area contributed by atoms with Crippen LogP contribution in [0.2, 0.25) is 0 Å². The van der Waals surface area contributed by atoms with E-state index in [1.165, 1.54) is 0 Å². The Bertz CT molecular complexity index is 568. The van der Waals surface area contributed by atoms with Crippen molar-refractivity contribution in [2.45, 2.75) is 26.0 Å². The number of hydrogen-bond acceptors (Lipinski definition) is 4. The fourth-order valence-corrected chi connectivity index (χ4v) is 1.97. The van der Waals surface area contributed by atoms with Gasteiger partial charge in [0.15, 0.2) is 11.5 Å². The van der Waals surface area contributed by atoms with Gasteiger partial charge in [0.2, 0.25) is 0 Å². The molecule has 0 atom stereocenters. The van der Waals surface area contributed by atoms with Crippen LogP contribution in [0.1, 0.15) is 25.1 Å². The van der Waals surface area contributed by atoms with Crippen molar-refractivity contribution >= 4 is 0 Å². The first-order chi connectivity index (χ1) is 9.56. The average molecular weight is 272 g/mol. The van der Waals surface area contributed by atoms with E-state index in [0.717, 1.165) is 11.3 Å². The summed E-state index contributed by atoms with van der Waals surface area (Å²) in [6.45, 7) is 4.41. The molecule has 1 heterocycles. The predicted octanol–water partition coefficient (Wildman–Crippen LogP) is 2.86. The molecule has 4 heteroatoms. The monoisotopic (exact) mass is 272 g/mol. The predicted molar refractivity (Wildman–Crippen MR) is 78.8 cm³/mol. The largest absolute Gasteiger partial charge is 0.493 e. The minimum Gasteiger partial charge on any atom is -0.493 e. The van der Waals surface area contributed by atoms with E-state index in [0.29, 0.717) is 18.0 Å². The Hall–Kier alpha value is -2.07. The van der Waals surface area contributed by atoms with E-state index in [-0.39, 0.29) is 0 Å². The van der Waals surface area contributed by atoms with E-state index in [1.54, 1.807) is 13.3 Å². The summed E-state index contributed by atoms with van der Waals surface area (Å²) >= 11 is 0. The van der Waals surface area contributed by atoms with Gasteiger partial charge in [0, 0.05) is 12.7 Å². The zero-order chi connectivity index (χ0) is 14.6. The van der Waals surface area contributed by atoms with Gasteiger partial charge < -0.3 is 15.2 Å². The fraction of sp³-hybridized carbons (Fsp3) is 0.312. The van der Waals surface area contributed by atoms with Crippen molar-refractivity contribution in [2.75, 3.05) is 7.11 Å². The van der Waals surface area contributed by atoms with Gasteiger partial charge in [-0.1, -0.05) is 12.1 Å². The van der Waals surface area contributed by atoms with Gasteiger partial charge in [0.1, 0.15) is 5.60 Å². The molecule has 1 aromatic carbocycles. The number of hydrogen-bond donors (Lipinski definition) is 1. The minimum atomic E-state index is -0.554. The Morgan fingerprint density at radius 3 is 2.55 bits per heavy atom. The fourth-order valence-electron chi connectivity index (χ4n) is 1.97. The zero-order valence-corrected chi connectivity index (χ0v) is 12.1. The maximum atomic E-state index is 6.11. The van der Waals surface area contributed by atoms with Crippen molar-refractivity contribution in [2.24, 2.45) is 5.73 Å². The molecule has 4 nitrogen and oxygen atoms in total. The van der Waals surface area contributed by atoms with E-state index in [9.17, 15) is 0 Å². The molecule has 0 bridgehead atoms. The molecule has 1 aromatic heterocycles. The molecule has 0 unspecified atom stereocenters. The van der Waals surface area contributed by atoms with E-state index in [2.05, 4.69) is 4.98 Å². The Kier molecular flexibility index (Phi) is 4.25. The van der Waals surface area contributed by atoms with Gasteiger partial charge in [-0.05, 0) is 43.7 Å². The Morgan fingerprint density at radius 2 is 1.95 bits per heavy atom. The maximum absolute atomic E-state index is 6.11. The number of rotatable bonds is 5. The topological polar surface area (TPSA) is 57.4 Å². The van der Waals surface area contributed by atoms with Crippen LogP contribution in [0, 0.1) is 0 Å². The van der Waals surface area contributed by atoms with Crippen molar-refractivity contribution < 1.29 is 9.47 Å². The van der Waals surface area contributed by atoms with Crippen molar-refractivity contribution in [1.29, 1.82) is 0 Å². The Morgan fingerprint density at radius 1 is 1.15 bits per heavy atom. The molecule has 2 aromatic rings. The third-order valence-electron chi connectivity index (χ3n) is 3.11. The van der Waals surface area contributed by atoms with Gasteiger partial charge >= 0.3 is 0 Å². The van der Waals surface area contributed by atoms with Gasteiger partial charge in [-0.2, -0.15) is 0 Å². The van der Waals surface area contributed by atoms with Crippen LogP contribution in [0.25, 0.3) is 0 Å². The quantitative estimate of drug-likeness (QED) is 0.909. The molecule has 0 radical (unpaired) electrons. The lowest BCUT2D eigenvalue weighted by molar-refractivity contribution is 0.0991. The second-order valence-electron chi connectivity index (χ2n) is 5.02. The molecule has 20 heavy (non-hydrogen) atoms. The van der Waals surface area contributed by atoms with Crippen LogP contribution in [-0.2, 0) is 12.1 Å². The first kappa shape index (κ1) is 14.3. The number of methoxy groups -OCH3 is 1. The van der Waals surface area contributed by atoms with Gasteiger partial charge in [-0.25, -0.2) is 0 Å². The summed E-state index contributed by atoms with van der Waals surface area (Å²) in [5.74, 6) is 1.36. The molecule has 0 aliphatic rings. The van der Waals surface area contributed by atoms with Gasteiger partial charge in [0.05, 0.1) is 12.8 Å². The number of nitrogens with two attached hydrogens (primary N) is 1. The van der Waals surface area contributed by atoms with Crippen LogP contribution in [0.3, 0.4) is 0 Å². The molecule has 0 fully saturated rings. The summed E-state index contributed by atoms with van der Waals surface area (Å²) in [5, 5.41) is 0. The smallest absolute Gasteiger partial charge is 0.162 e. The molecule has 0 saturated carbocycles. The summed E-state index contributed by atoms with van der Waals surface area (Å²) in [6.07, 6.45) is 1.76. The lowest BCUT2D eigenvalue weighted by atomic mass is 10.0. The second-order valence-corrected chi connectivity index (χ2v) is 5.02. The molecule has 2 N–H and O–H groups in total. The third kappa shape index (κ3) is 3.08. The highest BCUT2D eigenvalue weighted by Gasteiger charge is 2.25. The zero-order valence-electron chi connectivity index (χ0n) is 12.1. The van der Waals surface area contributed by atoms with Crippen molar-refractivity contribution in [3.05, 3.63) is 53.9 Å². The van der Waals surface area contributed by atoms with E-state index in [1.807, 2.05) is 50.2 Å². The second kappa shape index (κ2) is 5.92. The Labute approximate surface area is 119 Å². The molecular weight excluding hydrogens is 252 g/mol. The molecule has 0 aliphatic heterocycles. The standard InChI is InChI=1S/C16H20N2O2/c1-16(2,15-6-4-5-9-18-15)20-14-10-12(11-17)7-8-13(14)19-3/h4-10H,11,17H2,1-3H3. The number of aromatic nitrogens is 1. The summed E-state index contributed by atoms with van der Waals surface area (Å²) in [6, 6.07) is 11.5. The number of benzene rings is 1. The highest BCUT2D eigenvalue weighted by Crippen LogP contribution is 2.34. The highest BCUT2D eigenvalue weighted by molar-refractivity contribution is 5.43. The molecule has 0 amide bonds. The van der Waals surface area contributed by atoms with Crippen molar-refractivity contribution in [3.8, 4) is 11.5 Å². The SMILES string of the molecule is COc1ccc(CN)cc1OC(C)(C)c1ccccn1. The van der Waals surface area contributed by atoms with Gasteiger partial charge in [-0.3, -0.25) is 4.98 Å². The van der Waals surface area contributed by atoms with Crippen molar-refractivity contribution in [1.82, 2.24) is 4.98 Å². The summed E-state index contributed by atoms with van der Waals surface area (Å²) < 4.78 is 11.4. The third-order valence-corrected chi connectivity index (χ3v) is 3.11. The number of ether oxygens (including phenoxy) is 2. The molecule has 2 rings (SSSR count). The first-order valence-corrected chi connectivity index (χ1v) is 6.54. The molecule has 0 spiro atoms. The number of pyridine rings is 1. The number of nitrogens with zero attached hydrogens (tertiary/aromatic N) is 1. The summed E-state index contributed by atoms with van der Waals surface area (Å²) in [7, 11) is 1.62. The lowest BCUT2D eigenvalue weighted by Gasteiger charge is -2.27. The van der Waals surface area contributed by atoms with E-state index >= 15 is 0 Å². The lowest BCUT2D eigenvalue weighted by Crippen LogP contribution is -2.26. The van der Waals surface area contributed by atoms with Crippen LogP contribution in [0.5, 0.6) is 11.5 Å². The highest BCUT2D eigenvalue weighted by atomic mass is 16.5. The molecule has 106 valence electrons. The molecular formula is C16H20N2O2. The normalized spacial score (nSPS) is 11.2. The van der Waals surface area contributed by atoms with Crippen LogP contribution < -0.4 is 15.2 Å². The maximum Gasteiger partial charge on any atom is 0.162 e. The Balaban J connectivity index is 2.33. The van der Waals surface area contributed by atoms with Crippen LogP contribution in [-0.4, -0.2) is 12.1 Å². The van der Waals surface area contributed by atoms with E-state index < -0.39 is 5.60 Å². The van der Waals surface area contributed by atoms with Crippen LogP contribution >= 0.6 is 0 Å². The first-order valence-electron chi connectivity index (χ1n) is 6.54. The molecule has 0 aliphatic carbocycles. The van der Waals surface area contributed by atoms with Crippen molar-refractivity contribution in [3.63, 3.8) is 0 Å².